The normalized spacial score (nSPS) is 9.95. The highest BCUT2D eigenvalue weighted by atomic mass is 16.5. The monoisotopic (exact) mass is 275 g/mol. The van der Waals surface area contributed by atoms with Crippen LogP contribution in [0.3, 0.4) is 0 Å². The van der Waals surface area contributed by atoms with Gasteiger partial charge in [-0.2, -0.15) is 0 Å². The van der Waals surface area contributed by atoms with E-state index in [1.54, 1.807) is 39.5 Å². The number of nitrogen functional groups attached to an aromatic ring is 1. The van der Waals surface area contributed by atoms with Gasteiger partial charge >= 0.3 is 0 Å². The van der Waals surface area contributed by atoms with E-state index in [9.17, 15) is 0 Å². The third kappa shape index (κ3) is 2.85. The number of rotatable bonds is 5. The fourth-order valence-corrected chi connectivity index (χ4v) is 1.82. The zero-order chi connectivity index (χ0) is 14.5. The molecule has 1 heterocycles. The summed E-state index contributed by atoms with van der Waals surface area (Å²) in [5.41, 5.74) is 6.41. The predicted molar refractivity (Wildman–Crippen MR) is 78.0 cm³/mol. The van der Waals surface area contributed by atoms with Gasteiger partial charge in [-0.1, -0.05) is 6.07 Å². The summed E-state index contributed by atoms with van der Waals surface area (Å²) >= 11 is 0. The van der Waals surface area contributed by atoms with E-state index in [0.29, 0.717) is 28.9 Å². The molecule has 20 heavy (non-hydrogen) atoms. The highest BCUT2D eigenvalue weighted by Gasteiger charge is 2.13. The van der Waals surface area contributed by atoms with Gasteiger partial charge in [-0.25, -0.2) is 4.98 Å². The summed E-state index contributed by atoms with van der Waals surface area (Å²) in [5.74, 6) is 2.76. The largest absolute Gasteiger partial charge is 0.493 e. The van der Waals surface area contributed by atoms with Crippen molar-refractivity contribution in [3.8, 4) is 17.2 Å². The van der Waals surface area contributed by atoms with Crippen LogP contribution >= 0.6 is 0 Å². The molecule has 1 aromatic heterocycles. The molecule has 1 aromatic carbocycles. The summed E-state index contributed by atoms with van der Waals surface area (Å²) in [6, 6.07) is 8.96. The third-order valence-corrected chi connectivity index (χ3v) is 2.71. The topological polar surface area (TPSA) is 78.6 Å². The van der Waals surface area contributed by atoms with Crippen molar-refractivity contribution >= 4 is 17.3 Å². The molecule has 6 heteroatoms. The summed E-state index contributed by atoms with van der Waals surface area (Å²) < 4.78 is 15.9. The fraction of sp³-hybridized carbons (Fsp3) is 0.214. The molecule has 0 saturated heterocycles. The minimum Gasteiger partial charge on any atom is -0.493 e. The van der Waals surface area contributed by atoms with Crippen molar-refractivity contribution in [1.29, 1.82) is 0 Å². The highest BCUT2D eigenvalue weighted by Crippen LogP contribution is 2.40. The standard InChI is InChI=1S/C14H17N3O3/c1-18-10-7-9(8-11(19-2)14(10)20-3)16-13-6-4-5-12(15)17-13/h4-8H,1-3H3,(H3,15,16,17). The first-order chi connectivity index (χ1) is 9.67. The first-order valence-corrected chi connectivity index (χ1v) is 5.97. The van der Waals surface area contributed by atoms with Gasteiger partial charge < -0.3 is 25.3 Å². The number of hydrogen-bond donors (Lipinski definition) is 2. The van der Waals surface area contributed by atoms with Crippen LogP contribution in [0.1, 0.15) is 0 Å². The summed E-state index contributed by atoms with van der Waals surface area (Å²) in [7, 11) is 4.70. The number of nitrogens with two attached hydrogens (primary N) is 1. The van der Waals surface area contributed by atoms with E-state index in [4.69, 9.17) is 19.9 Å². The first kappa shape index (κ1) is 13.8. The molecule has 2 aromatic rings. The second kappa shape index (κ2) is 6.01. The van der Waals surface area contributed by atoms with Gasteiger partial charge in [0, 0.05) is 17.8 Å². The van der Waals surface area contributed by atoms with Crippen LogP contribution in [0.15, 0.2) is 30.3 Å². The molecule has 0 atom stereocenters. The third-order valence-electron chi connectivity index (χ3n) is 2.71. The Morgan fingerprint density at radius 1 is 1.00 bits per heavy atom. The Kier molecular flexibility index (Phi) is 4.14. The summed E-state index contributed by atoms with van der Waals surface area (Å²) in [5, 5.41) is 3.14. The van der Waals surface area contributed by atoms with Gasteiger partial charge in [-0.15, -0.1) is 0 Å². The first-order valence-electron chi connectivity index (χ1n) is 5.97. The number of nitrogens with zero attached hydrogens (tertiary/aromatic N) is 1. The SMILES string of the molecule is COc1cc(Nc2cccc(N)n2)cc(OC)c1OC. The Labute approximate surface area is 117 Å². The average Bonchev–Trinajstić information content (AvgIpc) is 2.46. The van der Waals surface area contributed by atoms with Crippen LogP contribution in [0, 0.1) is 0 Å². The van der Waals surface area contributed by atoms with Crippen LogP contribution in [-0.4, -0.2) is 26.3 Å². The van der Waals surface area contributed by atoms with E-state index < -0.39 is 0 Å². The van der Waals surface area contributed by atoms with Crippen molar-refractivity contribution in [2.75, 3.05) is 32.4 Å². The number of hydrogen-bond acceptors (Lipinski definition) is 6. The molecule has 0 aliphatic carbocycles. The van der Waals surface area contributed by atoms with Gasteiger partial charge in [0.25, 0.3) is 0 Å². The molecule has 0 aliphatic heterocycles. The second-order valence-electron chi connectivity index (χ2n) is 3.99. The van der Waals surface area contributed by atoms with E-state index in [1.165, 1.54) is 0 Å². The Morgan fingerprint density at radius 3 is 2.15 bits per heavy atom. The van der Waals surface area contributed by atoms with Crippen molar-refractivity contribution in [2.24, 2.45) is 0 Å². The van der Waals surface area contributed by atoms with Crippen molar-refractivity contribution < 1.29 is 14.2 Å². The van der Waals surface area contributed by atoms with Crippen molar-refractivity contribution in [2.45, 2.75) is 0 Å². The predicted octanol–water partition coefficient (Wildman–Crippen LogP) is 2.43. The van der Waals surface area contributed by atoms with E-state index in [2.05, 4.69) is 10.3 Å². The van der Waals surface area contributed by atoms with Crippen LogP contribution in [-0.2, 0) is 0 Å². The van der Waals surface area contributed by atoms with Gasteiger partial charge in [-0.05, 0) is 12.1 Å². The van der Waals surface area contributed by atoms with Crippen LogP contribution in [0.25, 0.3) is 0 Å². The zero-order valence-corrected chi connectivity index (χ0v) is 11.6. The van der Waals surface area contributed by atoms with Gasteiger partial charge in [0.05, 0.1) is 21.3 Å². The van der Waals surface area contributed by atoms with Gasteiger partial charge in [0.15, 0.2) is 11.5 Å². The minimum absolute atomic E-state index is 0.447. The Hall–Kier alpha value is -2.63. The fourth-order valence-electron chi connectivity index (χ4n) is 1.82. The van der Waals surface area contributed by atoms with Crippen molar-refractivity contribution in [3.05, 3.63) is 30.3 Å². The van der Waals surface area contributed by atoms with Crippen molar-refractivity contribution in [3.63, 3.8) is 0 Å². The molecular formula is C14H17N3O3. The molecular weight excluding hydrogens is 258 g/mol. The lowest BCUT2D eigenvalue weighted by Crippen LogP contribution is -1.99. The molecule has 0 unspecified atom stereocenters. The number of pyridine rings is 1. The second-order valence-corrected chi connectivity index (χ2v) is 3.99. The number of ether oxygens (including phenoxy) is 3. The maximum absolute atomic E-state index is 5.65. The Bertz CT molecular complexity index is 577. The molecule has 2 rings (SSSR count). The summed E-state index contributed by atoms with van der Waals surface area (Å²) in [6.07, 6.45) is 0. The van der Waals surface area contributed by atoms with Gasteiger partial charge in [-0.3, -0.25) is 0 Å². The van der Waals surface area contributed by atoms with Crippen LogP contribution in [0.5, 0.6) is 17.2 Å². The lowest BCUT2D eigenvalue weighted by molar-refractivity contribution is 0.324. The van der Waals surface area contributed by atoms with Crippen LogP contribution in [0.2, 0.25) is 0 Å². The highest BCUT2D eigenvalue weighted by molar-refractivity contribution is 5.67. The number of aromatic nitrogens is 1. The molecule has 0 amide bonds. The summed E-state index contributed by atoms with van der Waals surface area (Å²) in [6.45, 7) is 0. The Morgan fingerprint density at radius 2 is 1.65 bits per heavy atom. The molecule has 0 radical (unpaired) electrons. The smallest absolute Gasteiger partial charge is 0.203 e. The molecule has 0 saturated carbocycles. The van der Waals surface area contributed by atoms with E-state index in [-0.39, 0.29) is 0 Å². The summed E-state index contributed by atoms with van der Waals surface area (Å²) in [4.78, 5) is 4.18. The number of benzene rings is 1. The molecule has 106 valence electrons. The van der Waals surface area contributed by atoms with Crippen molar-refractivity contribution in [1.82, 2.24) is 4.98 Å². The zero-order valence-electron chi connectivity index (χ0n) is 11.6. The Balaban J connectivity index is 2.37. The number of anilines is 3. The molecule has 0 bridgehead atoms. The van der Waals surface area contributed by atoms with E-state index >= 15 is 0 Å². The van der Waals surface area contributed by atoms with E-state index in [0.717, 1.165) is 5.69 Å². The number of methoxy groups -OCH3 is 3. The molecule has 0 aliphatic rings. The molecule has 6 nitrogen and oxygen atoms in total. The minimum atomic E-state index is 0.447. The lowest BCUT2D eigenvalue weighted by atomic mass is 10.2. The van der Waals surface area contributed by atoms with Crippen LogP contribution in [0.4, 0.5) is 17.3 Å². The maximum atomic E-state index is 5.65. The quantitative estimate of drug-likeness (QED) is 0.872. The number of nitrogens with one attached hydrogen (secondary N) is 1. The molecule has 0 fully saturated rings. The van der Waals surface area contributed by atoms with Gasteiger partial charge in [0.1, 0.15) is 11.6 Å². The van der Waals surface area contributed by atoms with Gasteiger partial charge in [0.2, 0.25) is 5.75 Å². The average molecular weight is 275 g/mol. The van der Waals surface area contributed by atoms with E-state index in [1.807, 2.05) is 12.1 Å². The van der Waals surface area contributed by atoms with Crippen LogP contribution < -0.4 is 25.3 Å². The lowest BCUT2D eigenvalue weighted by Gasteiger charge is -2.14. The maximum Gasteiger partial charge on any atom is 0.203 e. The molecule has 3 N–H and O–H groups in total. The molecule has 0 spiro atoms.